The van der Waals surface area contributed by atoms with Crippen LogP contribution in [-0.2, 0) is 0 Å². The van der Waals surface area contributed by atoms with Crippen molar-refractivity contribution in [3.63, 3.8) is 0 Å². The number of ether oxygens (including phenoxy) is 1. The van der Waals surface area contributed by atoms with Crippen molar-refractivity contribution in [3.05, 3.63) is 19.6 Å². The van der Waals surface area contributed by atoms with Crippen molar-refractivity contribution in [1.82, 2.24) is 4.98 Å². The van der Waals surface area contributed by atoms with Gasteiger partial charge in [0.2, 0.25) is 5.88 Å². The molecule has 0 aliphatic rings. The van der Waals surface area contributed by atoms with Crippen LogP contribution in [-0.4, -0.2) is 11.3 Å². The Morgan fingerprint density at radius 1 is 1.21 bits per heavy atom. The first-order valence-electron chi connectivity index (χ1n) is 3.07. The Kier molecular flexibility index (Phi) is 3.81. The Bertz CT molecular complexity index is 332. The van der Waals surface area contributed by atoms with Crippen molar-refractivity contribution in [3.8, 4) is 5.88 Å². The lowest BCUT2D eigenvalue weighted by Gasteiger charge is -2.09. The third kappa shape index (κ3) is 3.39. The third-order valence-corrected chi connectivity index (χ3v) is 4.14. The van der Waals surface area contributed by atoms with Crippen molar-refractivity contribution < 1.29 is 17.9 Å². The van der Waals surface area contributed by atoms with Gasteiger partial charge in [-0.3, -0.25) is 0 Å². The Morgan fingerprint density at radius 2 is 1.79 bits per heavy atom. The lowest BCUT2D eigenvalue weighted by Crippen LogP contribution is -2.18. The minimum absolute atomic E-state index is 0.228. The molecule has 78 valence electrons. The number of rotatable bonds is 1. The van der Waals surface area contributed by atoms with Gasteiger partial charge in [0.25, 0.3) is 0 Å². The Hall–Kier alpha value is 0.180. The van der Waals surface area contributed by atoms with Crippen LogP contribution >= 0.6 is 47.8 Å². The van der Waals surface area contributed by atoms with Gasteiger partial charge in [-0.1, -0.05) is 0 Å². The quantitative estimate of drug-likeness (QED) is 0.658. The van der Waals surface area contributed by atoms with Crippen LogP contribution in [0.1, 0.15) is 0 Å². The molecule has 0 aliphatic carbocycles. The van der Waals surface area contributed by atoms with Gasteiger partial charge in [0, 0.05) is 10.5 Å². The number of nitrogens with zero attached hydrogens (tertiary/aromatic N) is 1. The third-order valence-electron chi connectivity index (χ3n) is 1.07. The first-order valence-corrected chi connectivity index (χ1v) is 5.45. The highest BCUT2D eigenvalue weighted by molar-refractivity contribution is 9.14. The highest BCUT2D eigenvalue weighted by atomic mass is 79.9. The molecule has 0 saturated carbocycles. The Morgan fingerprint density at radius 3 is 2.21 bits per heavy atom. The number of pyridine rings is 1. The molecule has 0 amide bonds. The lowest BCUT2D eigenvalue weighted by molar-refractivity contribution is -0.276. The molecule has 1 rings (SSSR count). The first-order chi connectivity index (χ1) is 6.29. The summed E-state index contributed by atoms with van der Waals surface area (Å²) in [4.78, 5) is 3.52. The average Bonchev–Trinajstić information content (AvgIpc) is 1.96. The summed E-state index contributed by atoms with van der Waals surface area (Å²) in [5.74, 6) is -0.528. The maximum absolute atomic E-state index is 11.8. The SMILES string of the molecule is FC(F)(F)Oc1cc(Br)c(Br)c(Br)n1. The van der Waals surface area contributed by atoms with Gasteiger partial charge in [0.05, 0.1) is 4.47 Å². The van der Waals surface area contributed by atoms with Crippen LogP contribution in [0.4, 0.5) is 13.2 Å². The van der Waals surface area contributed by atoms with Crippen LogP contribution in [0, 0.1) is 0 Å². The second-order valence-electron chi connectivity index (χ2n) is 2.09. The molecule has 0 N–H and O–H groups in total. The summed E-state index contributed by atoms with van der Waals surface area (Å²) in [6.07, 6.45) is -4.74. The smallest absolute Gasteiger partial charge is 0.388 e. The molecule has 0 unspecified atom stereocenters. The minimum Gasteiger partial charge on any atom is -0.388 e. The fourth-order valence-electron chi connectivity index (χ4n) is 0.619. The highest BCUT2D eigenvalue weighted by Crippen LogP contribution is 2.33. The van der Waals surface area contributed by atoms with Crippen molar-refractivity contribution in [2.24, 2.45) is 0 Å². The second-order valence-corrected chi connectivity index (χ2v) is 4.49. The molecule has 0 fully saturated rings. The molecule has 14 heavy (non-hydrogen) atoms. The van der Waals surface area contributed by atoms with Crippen LogP contribution in [0.25, 0.3) is 0 Å². The Labute approximate surface area is 102 Å². The van der Waals surface area contributed by atoms with Crippen molar-refractivity contribution >= 4 is 47.8 Å². The predicted octanol–water partition coefficient (Wildman–Crippen LogP) is 4.27. The Balaban J connectivity index is 3.02. The monoisotopic (exact) mass is 397 g/mol. The van der Waals surface area contributed by atoms with Gasteiger partial charge in [0.15, 0.2) is 0 Å². The molecule has 2 nitrogen and oxygen atoms in total. The van der Waals surface area contributed by atoms with E-state index >= 15 is 0 Å². The van der Waals surface area contributed by atoms with E-state index in [1.165, 1.54) is 0 Å². The molecule has 1 aromatic rings. The van der Waals surface area contributed by atoms with Crippen molar-refractivity contribution in [2.45, 2.75) is 6.36 Å². The maximum Gasteiger partial charge on any atom is 0.574 e. The first kappa shape index (κ1) is 12.3. The van der Waals surface area contributed by atoms with E-state index in [-0.39, 0.29) is 4.60 Å². The van der Waals surface area contributed by atoms with Crippen LogP contribution in [0.2, 0.25) is 0 Å². The topological polar surface area (TPSA) is 22.1 Å². The summed E-state index contributed by atoms with van der Waals surface area (Å²) < 4.78 is 40.2. The molecule has 1 aromatic heterocycles. The highest BCUT2D eigenvalue weighted by Gasteiger charge is 2.32. The summed E-state index contributed by atoms with van der Waals surface area (Å²) in [7, 11) is 0. The largest absolute Gasteiger partial charge is 0.574 e. The second kappa shape index (κ2) is 4.36. The van der Waals surface area contributed by atoms with E-state index < -0.39 is 12.2 Å². The van der Waals surface area contributed by atoms with Gasteiger partial charge in [-0.15, -0.1) is 13.2 Å². The molecule has 1 heterocycles. The molecule has 0 spiro atoms. The zero-order valence-electron chi connectivity index (χ0n) is 6.20. The summed E-state index contributed by atoms with van der Waals surface area (Å²) >= 11 is 9.11. The van der Waals surface area contributed by atoms with E-state index in [1.807, 2.05) is 0 Å². The average molecular weight is 400 g/mol. The zero-order chi connectivity index (χ0) is 10.9. The molecule has 0 bridgehead atoms. The molecule has 0 radical (unpaired) electrons. The normalized spacial score (nSPS) is 11.6. The van der Waals surface area contributed by atoms with E-state index in [4.69, 9.17) is 0 Å². The van der Waals surface area contributed by atoms with E-state index in [0.29, 0.717) is 8.95 Å². The number of aromatic nitrogens is 1. The standard InChI is InChI=1S/C6HBr3F3NO/c7-2-1-3(14-6(10,11)12)13-5(9)4(2)8/h1H. The van der Waals surface area contributed by atoms with Crippen LogP contribution in [0.5, 0.6) is 5.88 Å². The molecular weight excluding hydrogens is 399 g/mol. The predicted molar refractivity (Wildman–Crippen MR) is 54.0 cm³/mol. The van der Waals surface area contributed by atoms with Crippen LogP contribution in [0.3, 0.4) is 0 Å². The number of alkyl halides is 3. The number of halogens is 6. The van der Waals surface area contributed by atoms with E-state index in [1.54, 1.807) is 0 Å². The van der Waals surface area contributed by atoms with Gasteiger partial charge in [0.1, 0.15) is 4.60 Å². The van der Waals surface area contributed by atoms with Crippen molar-refractivity contribution in [2.75, 3.05) is 0 Å². The minimum atomic E-state index is -4.74. The lowest BCUT2D eigenvalue weighted by atomic mass is 10.5. The summed E-state index contributed by atoms with van der Waals surface area (Å²) in [5, 5.41) is 0. The molecule has 0 saturated heterocycles. The summed E-state index contributed by atoms with van der Waals surface area (Å²) in [6, 6.07) is 1.11. The van der Waals surface area contributed by atoms with Crippen LogP contribution in [0.15, 0.2) is 19.6 Å². The molecule has 0 aromatic carbocycles. The van der Waals surface area contributed by atoms with Gasteiger partial charge in [-0.25, -0.2) is 4.98 Å². The number of hydrogen-bond acceptors (Lipinski definition) is 2. The van der Waals surface area contributed by atoms with Gasteiger partial charge in [-0.2, -0.15) is 0 Å². The van der Waals surface area contributed by atoms with E-state index in [0.717, 1.165) is 6.07 Å². The van der Waals surface area contributed by atoms with Gasteiger partial charge >= 0.3 is 6.36 Å². The zero-order valence-corrected chi connectivity index (χ0v) is 11.0. The molecule has 0 atom stereocenters. The van der Waals surface area contributed by atoms with E-state index in [9.17, 15) is 13.2 Å². The molecule has 8 heteroatoms. The molecular formula is C6HBr3F3NO. The van der Waals surface area contributed by atoms with E-state index in [2.05, 4.69) is 57.5 Å². The van der Waals surface area contributed by atoms with Crippen molar-refractivity contribution in [1.29, 1.82) is 0 Å². The summed E-state index contributed by atoms with van der Waals surface area (Å²) in [5.41, 5.74) is 0. The molecule has 0 aliphatic heterocycles. The fraction of sp³-hybridized carbons (Fsp3) is 0.167. The van der Waals surface area contributed by atoms with Gasteiger partial charge in [-0.05, 0) is 47.8 Å². The maximum atomic E-state index is 11.8. The number of hydrogen-bond donors (Lipinski definition) is 0. The van der Waals surface area contributed by atoms with Gasteiger partial charge < -0.3 is 4.74 Å². The van der Waals surface area contributed by atoms with Crippen LogP contribution < -0.4 is 4.74 Å². The fourth-order valence-corrected chi connectivity index (χ4v) is 1.86. The summed E-state index contributed by atoms with van der Waals surface area (Å²) in [6.45, 7) is 0.